The van der Waals surface area contributed by atoms with E-state index in [-0.39, 0.29) is 34.7 Å². The lowest BCUT2D eigenvalue weighted by Gasteiger charge is -2.33. The molecule has 39 heavy (non-hydrogen) atoms. The van der Waals surface area contributed by atoms with Gasteiger partial charge in [0.15, 0.2) is 17.5 Å². The number of phenols is 1. The number of aromatic nitrogens is 3. The van der Waals surface area contributed by atoms with Crippen LogP contribution in [0.1, 0.15) is 22.1 Å². The number of para-hydroxylation sites is 1. The molecule has 0 unspecified atom stereocenters. The number of nitrogens with one attached hydrogen (secondary N) is 1. The molecule has 0 bridgehead atoms. The van der Waals surface area contributed by atoms with Gasteiger partial charge in [0.25, 0.3) is 5.91 Å². The van der Waals surface area contributed by atoms with Crippen molar-refractivity contribution >= 4 is 46.9 Å². The molecule has 1 fully saturated rings. The minimum absolute atomic E-state index is 0.0200. The largest absolute Gasteiger partial charge is 0.507 e. The molecule has 200 valence electrons. The second kappa shape index (κ2) is 11.0. The number of likely N-dealkylation sites (N-methyl/N-ethyl adjacent to an activating group) is 1. The molecule has 3 aromatic heterocycles. The van der Waals surface area contributed by atoms with Crippen molar-refractivity contribution in [1.82, 2.24) is 19.9 Å². The topological polar surface area (TPSA) is 151 Å². The number of nitro groups is 1. The minimum Gasteiger partial charge on any atom is -0.507 e. The second-order valence-corrected chi connectivity index (χ2v) is 9.49. The monoisotopic (exact) mass is 551 g/mol. The average molecular weight is 552 g/mol. The summed E-state index contributed by atoms with van der Waals surface area (Å²) in [4.78, 5) is 39.9. The van der Waals surface area contributed by atoms with Crippen molar-refractivity contribution in [3.05, 3.63) is 75.0 Å². The molecule has 14 heteroatoms. The van der Waals surface area contributed by atoms with Gasteiger partial charge in [0.05, 0.1) is 11.6 Å². The lowest BCUT2D eigenvalue weighted by atomic mass is 10.2. The summed E-state index contributed by atoms with van der Waals surface area (Å²) in [6.45, 7) is 2.42. The van der Waals surface area contributed by atoms with Gasteiger partial charge in [0.2, 0.25) is 5.82 Å². The summed E-state index contributed by atoms with van der Waals surface area (Å²) in [6, 6.07) is 9.23. The number of hydrogen-bond donors (Lipinski definition) is 2. The Bertz CT molecular complexity index is 1560. The molecule has 4 heterocycles. The predicted molar refractivity (Wildman–Crippen MR) is 143 cm³/mol. The Labute approximate surface area is 225 Å². The fourth-order valence-corrected chi connectivity index (χ4v) is 4.69. The number of hydrogen-bond acceptors (Lipinski definition) is 11. The van der Waals surface area contributed by atoms with Gasteiger partial charge in [-0.05, 0) is 37.4 Å². The zero-order valence-corrected chi connectivity index (χ0v) is 21.4. The predicted octanol–water partition coefficient (Wildman–Crippen LogP) is 4.12. The summed E-state index contributed by atoms with van der Waals surface area (Å²) in [7, 11) is 1.97. The van der Waals surface area contributed by atoms with Crippen LogP contribution in [0.25, 0.3) is 22.7 Å². The summed E-state index contributed by atoms with van der Waals surface area (Å²) < 4.78 is 20.7. The molecule has 1 aliphatic heterocycles. The third-order valence-corrected chi connectivity index (χ3v) is 6.82. The van der Waals surface area contributed by atoms with Crippen LogP contribution in [0.5, 0.6) is 5.75 Å². The maximum absolute atomic E-state index is 15.6. The smallest absolute Gasteiger partial charge is 0.433 e. The highest BCUT2D eigenvalue weighted by Crippen LogP contribution is 2.31. The molecular weight excluding hydrogens is 529 g/mol. The number of nitrogens with zero attached hydrogens (tertiary/aromatic N) is 6. The Hall–Kier alpha value is -4.69. The molecule has 2 N–H and O–H groups in total. The van der Waals surface area contributed by atoms with Crippen molar-refractivity contribution in [1.29, 1.82) is 0 Å². The third-order valence-electron chi connectivity index (χ3n) is 5.95. The molecule has 12 nitrogen and oxygen atoms in total. The summed E-state index contributed by atoms with van der Waals surface area (Å²) in [5.41, 5.74) is 0.495. The van der Waals surface area contributed by atoms with E-state index in [1.807, 2.05) is 7.05 Å². The van der Waals surface area contributed by atoms with E-state index in [0.29, 0.717) is 36.8 Å². The molecule has 0 radical (unpaired) electrons. The van der Waals surface area contributed by atoms with Crippen molar-refractivity contribution in [2.24, 2.45) is 0 Å². The van der Waals surface area contributed by atoms with Gasteiger partial charge in [-0.15, -0.1) is 11.3 Å². The summed E-state index contributed by atoms with van der Waals surface area (Å²) in [6.07, 6.45) is 2.83. The van der Waals surface area contributed by atoms with E-state index in [1.54, 1.807) is 23.1 Å². The number of phenolic OH excluding ortho intramolecular Hbond substituents is 1. The number of piperazine rings is 1. The summed E-state index contributed by atoms with van der Waals surface area (Å²) in [5, 5.41) is 25.4. The average Bonchev–Trinajstić information content (AvgIpc) is 3.60. The first kappa shape index (κ1) is 25.9. The van der Waals surface area contributed by atoms with Crippen molar-refractivity contribution in [3.8, 4) is 16.3 Å². The van der Waals surface area contributed by atoms with Crippen LogP contribution in [0, 0.1) is 15.9 Å². The highest BCUT2D eigenvalue weighted by Gasteiger charge is 2.24. The molecule has 1 aromatic carbocycles. The van der Waals surface area contributed by atoms with Crippen molar-refractivity contribution < 1.29 is 23.6 Å². The number of amides is 1. The Morgan fingerprint density at radius 3 is 2.64 bits per heavy atom. The van der Waals surface area contributed by atoms with E-state index in [4.69, 9.17) is 4.42 Å². The Morgan fingerprint density at radius 1 is 1.15 bits per heavy atom. The van der Waals surface area contributed by atoms with Crippen LogP contribution < -0.4 is 10.2 Å². The van der Waals surface area contributed by atoms with E-state index in [9.17, 15) is 20.0 Å². The highest BCUT2D eigenvalue weighted by molar-refractivity contribution is 7.13. The van der Waals surface area contributed by atoms with Gasteiger partial charge < -0.3 is 24.6 Å². The zero-order valence-electron chi connectivity index (χ0n) is 20.6. The van der Waals surface area contributed by atoms with Gasteiger partial charge in [0, 0.05) is 31.6 Å². The molecule has 0 saturated carbocycles. The van der Waals surface area contributed by atoms with E-state index >= 15 is 4.39 Å². The number of halogens is 1. The summed E-state index contributed by atoms with van der Waals surface area (Å²) >= 11 is 1.16. The van der Waals surface area contributed by atoms with Gasteiger partial charge in [-0.25, -0.2) is 15.0 Å². The fraction of sp³-hybridized carbons (Fsp3) is 0.200. The van der Waals surface area contributed by atoms with Crippen LogP contribution in [-0.4, -0.2) is 69.0 Å². The molecule has 0 spiro atoms. The molecule has 0 atom stereocenters. The SMILES string of the molecule is CN1CCN(c2nc(C=Cc3ccc([N+](=O)[O-])o3)nc(NC(=O)c3csc(-c4ccccc4O)n3)c2F)CC1. The molecule has 1 aliphatic rings. The van der Waals surface area contributed by atoms with E-state index in [1.165, 1.54) is 35.7 Å². The van der Waals surface area contributed by atoms with Gasteiger partial charge in [0.1, 0.15) is 27.1 Å². The number of carbonyl (C=O) groups is 1. The quantitative estimate of drug-likeness (QED) is 0.253. The normalized spacial score (nSPS) is 14.2. The number of rotatable bonds is 7. The first-order valence-corrected chi connectivity index (χ1v) is 12.6. The minimum atomic E-state index is -0.796. The number of carbonyl (C=O) groups excluding carboxylic acids is 1. The van der Waals surface area contributed by atoms with Gasteiger partial charge in [-0.2, -0.15) is 4.39 Å². The number of furan rings is 1. The lowest BCUT2D eigenvalue weighted by molar-refractivity contribution is -0.402. The highest BCUT2D eigenvalue weighted by atomic mass is 32.1. The van der Waals surface area contributed by atoms with Crippen LogP contribution in [0.2, 0.25) is 0 Å². The van der Waals surface area contributed by atoms with E-state index < -0.39 is 22.5 Å². The standard InChI is InChI=1S/C25H22FN7O5S/c1-31-10-12-32(13-11-31)23-21(26)22(28-19(29-23)8-6-15-7-9-20(38-15)33(36)37)30-24(35)17-14-39-25(27-17)16-4-2-3-5-18(16)34/h2-9,14,34H,10-13H2,1H3,(H,28,29,30,35). The van der Waals surface area contributed by atoms with Crippen LogP contribution in [0.15, 0.2) is 46.2 Å². The molecule has 0 aliphatic carbocycles. The van der Waals surface area contributed by atoms with Gasteiger partial charge in [-0.3, -0.25) is 14.9 Å². The number of benzene rings is 1. The zero-order chi connectivity index (χ0) is 27.5. The van der Waals surface area contributed by atoms with E-state index in [0.717, 1.165) is 11.3 Å². The molecule has 1 amide bonds. The number of thiazole rings is 1. The number of aromatic hydroxyl groups is 1. The van der Waals surface area contributed by atoms with Crippen molar-refractivity contribution in [3.63, 3.8) is 0 Å². The molecule has 4 aromatic rings. The van der Waals surface area contributed by atoms with Crippen LogP contribution in [0.3, 0.4) is 0 Å². The van der Waals surface area contributed by atoms with Gasteiger partial charge in [-0.1, -0.05) is 12.1 Å². The number of anilines is 2. The summed E-state index contributed by atoms with van der Waals surface area (Å²) in [5.74, 6) is -1.96. The first-order chi connectivity index (χ1) is 18.8. The first-order valence-electron chi connectivity index (χ1n) is 11.8. The van der Waals surface area contributed by atoms with Gasteiger partial charge >= 0.3 is 5.88 Å². The van der Waals surface area contributed by atoms with Crippen LogP contribution >= 0.6 is 11.3 Å². The third kappa shape index (κ3) is 5.76. The van der Waals surface area contributed by atoms with E-state index in [2.05, 4.69) is 25.2 Å². The fourth-order valence-electron chi connectivity index (χ4n) is 3.85. The van der Waals surface area contributed by atoms with Crippen molar-refractivity contribution in [2.75, 3.05) is 43.4 Å². The second-order valence-electron chi connectivity index (χ2n) is 8.63. The Kier molecular flexibility index (Phi) is 7.29. The Balaban J connectivity index is 1.44. The Morgan fingerprint density at radius 2 is 1.92 bits per heavy atom. The molecular formula is C25H22FN7O5S. The molecule has 1 saturated heterocycles. The maximum Gasteiger partial charge on any atom is 0.433 e. The maximum atomic E-state index is 15.6. The van der Waals surface area contributed by atoms with Crippen molar-refractivity contribution in [2.45, 2.75) is 0 Å². The van der Waals surface area contributed by atoms with Crippen LogP contribution in [-0.2, 0) is 0 Å². The lowest BCUT2D eigenvalue weighted by Crippen LogP contribution is -2.45. The molecule has 5 rings (SSSR count). The van der Waals surface area contributed by atoms with Crippen LogP contribution in [0.4, 0.5) is 21.9 Å².